The Kier molecular flexibility index (Phi) is 8.55. The summed E-state index contributed by atoms with van der Waals surface area (Å²) >= 11 is 0. The number of hydrogen-bond acceptors (Lipinski definition) is 7. The molecule has 1 aliphatic carbocycles. The molecule has 0 aliphatic heterocycles. The zero-order valence-corrected chi connectivity index (χ0v) is 21.5. The standard InChI is InChI=1S/C29H34N8O/c38-28(32-19-23-10-5-2-6-11-23)25(16-22-8-3-1-4-9-22)34-26-17-27(37-15-14-31-21-37)36-29(35-26)33-20-24-12-7-13-30-18-24/h2,5-7,10-15,17-18,21-22,25H,1,3-4,8-9,16,19-20H2,(H,32,38)(H2,33,34,35,36). The Bertz CT molecular complexity index is 1270. The molecule has 0 saturated heterocycles. The van der Waals surface area contributed by atoms with E-state index in [-0.39, 0.29) is 5.91 Å². The van der Waals surface area contributed by atoms with Crippen LogP contribution in [0.1, 0.15) is 49.7 Å². The van der Waals surface area contributed by atoms with Crippen LogP contribution in [0.2, 0.25) is 0 Å². The highest BCUT2D eigenvalue weighted by atomic mass is 16.2. The summed E-state index contributed by atoms with van der Waals surface area (Å²) in [6.45, 7) is 1.02. The molecule has 0 spiro atoms. The largest absolute Gasteiger partial charge is 0.358 e. The number of pyridine rings is 1. The summed E-state index contributed by atoms with van der Waals surface area (Å²) in [5.74, 6) is 2.21. The van der Waals surface area contributed by atoms with Crippen molar-refractivity contribution in [2.45, 2.75) is 57.7 Å². The predicted molar refractivity (Wildman–Crippen MR) is 148 cm³/mol. The van der Waals surface area contributed by atoms with E-state index < -0.39 is 6.04 Å². The lowest BCUT2D eigenvalue weighted by atomic mass is 9.84. The van der Waals surface area contributed by atoms with Crippen LogP contribution in [0.4, 0.5) is 11.8 Å². The molecule has 0 radical (unpaired) electrons. The Balaban J connectivity index is 1.36. The van der Waals surface area contributed by atoms with Crippen LogP contribution < -0.4 is 16.0 Å². The molecular formula is C29H34N8O. The van der Waals surface area contributed by atoms with Gasteiger partial charge in [-0.15, -0.1) is 0 Å². The number of carbonyl (C=O) groups is 1. The molecule has 1 aliphatic rings. The molecule has 38 heavy (non-hydrogen) atoms. The van der Waals surface area contributed by atoms with Crippen LogP contribution in [0.3, 0.4) is 0 Å². The van der Waals surface area contributed by atoms with Crippen molar-refractivity contribution in [3.63, 3.8) is 0 Å². The molecule has 1 aromatic carbocycles. The van der Waals surface area contributed by atoms with Crippen LogP contribution in [-0.4, -0.2) is 36.5 Å². The second-order valence-electron chi connectivity index (χ2n) is 9.76. The predicted octanol–water partition coefficient (Wildman–Crippen LogP) is 4.74. The minimum Gasteiger partial charge on any atom is -0.358 e. The maximum Gasteiger partial charge on any atom is 0.242 e. The molecule has 1 saturated carbocycles. The summed E-state index contributed by atoms with van der Waals surface area (Å²) in [6, 6.07) is 15.3. The number of carbonyl (C=O) groups excluding carboxylic acids is 1. The lowest BCUT2D eigenvalue weighted by Crippen LogP contribution is -2.41. The van der Waals surface area contributed by atoms with Gasteiger partial charge in [-0.2, -0.15) is 9.97 Å². The minimum atomic E-state index is -0.404. The number of hydrogen-bond donors (Lipinski definition) is 3. The van der Waals surface area contributed by atoms with Gasteiger partial charge in [0.05, 0.1) is 0 Å². The second kappa shape index (κ2) is 12.8. The molecule has 1 fully saturated rings. The van der Waals surface area contributed by atoms with Crippen LogP contribution in [0.25, 0.3) is 5.82 Å². The summed E-state index contributed by atoms with van der Waals surface area (Å²) in [5, 5.41) is 9.88. The molecule has 196 valence electrons. The van der Waals surface area contributed by atoms with Gasteiger partial charge in [0, 0.05) is 43.9 Å². The molecule has 1 unspecified atom stereocenters. The third-order valence-corrected chi connectivity index (χ3v) is 6.90. The van der Waals surface area contributed by atoms with Gasteiger partial charge < -0.3 is 16.0 Å². The normalized spacial score (nSPS) is 14.5. The Morgan fingerprint density at radius 2 is 1.79 bits per heavy atom. The first-order valence-electron chi connectivity index (χ1n) is 13.3. The summed E-state index contributed by atoms with van der Waals surface area (Å²) in [6.07, 6.45) is 15.6. The van der Waals surface area contributed by atoms with E-state index >= 15 is 0 Å². The third-order valence-electron chi connectivity index (χ3n) is 6.90. The maximum absolute atomic E-state index is 13.4. The van der Waals surface area contributed by atoms with Gasteiger partial charge in [0.25, 0.3) is 0 Å². The number of aromatic nitrogens is 5. The average Bonchev–Trinajstić information content (AvgIpc) is 3.52. The van der Waals surface area contributed by atoms with E-state index in [0.717, 1.165) is 30.4 Å². The highest BCUT2D eigenvalue weighted by Gasteiger charge is 2.25. The molecule has 1 amide bonds. The van der Waals surface area contributed by atoms with Crippen LogP contribution in [0.15, 0.2) is 79.6 Å². The van der Waals surface area contributed by atoms with Gasteiger partial charge in [-0.25, -0.2) is 4.98 Å². The third kappa shape index (κ3) is 7.15. The van der Waals surface area contributed by atoms with Crippen LogP contribution in [0, 0.1) is 5.92 Å². The first kappa shape index (κ1) is 25.4. The summed E-state index contributed by atoms with van der Waals surface area (Å²) in [7, 11) is 0. The number of rotatable bonds is 11. The smallest absolute Gasteiger partial charge is 0.242 e. The van der Waals surface area contributed by atoms with E-state index in [1.807, 2.05) is 65.5 Å². The molecular weight excluding hydrogens is 476 g/mol. The molecule has 0 bridgehead atoms. The number of benzene rings is 1. The molecule has 3 aromatic heterocycles. The molecule has 4 aromatic rings. The first-order chi connectivity index (χ1) is 18.7. The van der Waals surface area contributed by atoms with Crippen molar-refractivity contribution in [2.24, 2.45) is 5.92 Å². The number of nitrogens with one attached hydrogen (secondary N) is 3. The lowest BCUT2D eigenvalue weighted by molar-refractivity contribution is -0.122. The Hall–Kier alpha value is -4.27. The van der Waals surface area contributed by atoms with E-state index in [0.29, 0.717) is 36.6 Å². The SMILES string of the molecule is O=C(NCc1ccccc1)C(CC1CCCCC1)Nc1cc(-n2ccnc2)nc(NCc2cccnc2)n1. The van der Waals surface area contributed by atoms with Gasteiger partial charge in [-0.05, 0) is 29.5 Å². The van der Waals surface area contributed by atoms with Crippen molar-refractivity contribution in [1.29, 1.82) is 0 Å². The van der Waals surface area contributed by atoms with E-state index in [1.165, 1.54) is 19.3 Å². The van der Waals surface area contributed by atoms with E-state index in [1.54, 1.807) is 18.7 Å². The van der Waals surface area contributed by atoms with Gasteiger partial charge in [0.2, 0.25) is 11.9 Å². The highest BCUT2D eigenvalue weighted by molar-refractivity contribution is 5.84. The fourth-order valence-electron chi connectivity index (χ4n) is 4.87. The van der Waals surface area contributed by atoms with Crippen molar-refractivity contribution in [3.05, 3.63) is 90.8 Å². The molecule has 1 atom stereocenters. The zero-order valence-electron chi connectivity index (χ0n) is 21.5. The highest BCUT2D eigenvalue weighted by Crippen LogP contribution is 2.28. The van der Waals surface area contributed by atoms with E-state index in [4.69, 9.17) is 4.98 Å². The van der Waals surface area contributed by atoms with Crippen molar-refractivity contribution in [3.8, 4) is 5.82 Å². The second-order valence-corrected chi connectivity index (χ2v) is 9.76. The van der Waals surface area contributed by atoms with Gasteiger partial charge in [-0.3, -0.25) is 14.3 Å². The van der Waals surface area contributed by atoms with Gasteiger partial charge in [0.1, 0.15) is 24.0 Å². The lowest BCUT2D eigenvalue weighted by Gasteiger charge is -2.27. The van der Waals surface area contributed by atoms with Crippen molar-refractivity contribution in [1.82, 2.24) is 29.8 Å². The maximum atomic E-state index is 13.4. The zero-order chi connectivity index (χ0) is 26.0. The molecule has 3 N–H and O–H groups in total. The molecule has 9 nitrogen and oxygen atoms in total. The van der Waals surface area contributed by atoms with Gasteiger partial charge in [-0.1, -0.05) is 68.5 Å². The summed E-state index contributed by atoms with van der Waals surface area (Å²) in [5.41, 5.74) is 2.10. The fraction of sp³-hybridized carbons (Fsp3) is 0.345. The average molecular weight is 511 g/mol. The van der Waals surface area contributed by atoms with Gasteiger partial charge >= 0.3 is 0 Å². The summed E-state index contributed by atoms with van der Waals surface area (Å²) in [4.78, 5) is 31.2. The van der Waals surface area contributed by atoms with Crippen LogP contribution in [-0.2, 0) is 17.9 Å². The Morgan fingerprint density at radius 1 is 0.947 bits per heavy atom. The molecule has 3 heterocycles. The number of anilines is 2. The topological polar surface area (TPSA) is 110 Å². The molecule has 9 heteroatoms. The van der Waals surface area contributed by atoms with Crippen LogP contribution >= 0.6 is 0 Å². The Morgan fingerprint density at radius 3 is 2.55 bits per heavy atom. The number of amides is 1. The van der Waals surface area contributed by atoms with Crippen molar-refractivity contribution < 1.29 is 4.79 Å². The monoisotopic (exact) mass is 510 g/mol. The van der Waals surface area contributed by atoms with Crippen molar-refractivity contribution in [2.75, 3.05) is 10.6 Å². The van der Waals surface area contributed by atoms with Gasteiger partial charge in [0.15, 0.2) is 0 Å². The Labute approximate surface area is 223 Å². The number of nitrogens with zero attached hydrogens (tertiary/aromatic N) is 5. The van der Waals surface area contributed by atoms with E-state index in [2.05, 4.69) is 30.9 Å². The summed E-state index contributed by atoms with van der Waals surface area (Å²) < 4.78 is 1.83. The fourth-order valence-corrected chi connectivity index (χ4v) is 4.87. The minimum absolute atomic E-state index is 0.0212. The first-order valence-corrected chi connectivity index (χ1v) is 13.3. The van der Waals surface area contributed by atoms with Crippen LogP contribution in [0.5, 0.6) is 0 Å². The van der Waals surface area contributed by atoms with E-state index in [9.17, 15) is 4.79 Å². The molecule has 5 rings (SSSR count). The number of imidazole rings is 1. The van der Waals surface area contributed by atoms with Crippen molar-refractivity contribution >= 4 is 17.7 Å². The quantitative estimate of drug-likeness (QED) is 0.267.